The number of anilines is 1. The third kappa shape index (κ3) is 4.63. The summed E-state index contributed by atoms with van der Waals surface area (Å²) >= 11 is 0. The van der Waals surface area contributed by atoms with Crippen LogP contribution in [-0.4, -0.2) is 58.5 Å². The summed E-state index contributed by atoms with van der Waals surface area (Å²) in [4.78, 5) is 14.0. The number of hydrogen-bond acceptors (Lipinski definition) is 4. The number of carbonyl (C=O) groups is 1. The number of alkyl halides is 3. The number of rotatable bonds is 5. The molecular weight excluding hydrogens is 359 g/mol. The van der Waals surface area contributed by atoms with E-state index < -0.39 is 28.7 Å². The molecule has 1 saturated heterocycles. The molecule has 0 saturated carbocycles. The zero-order chi connectivity index (χ0) is 18.8. The molecule has 0 aliphatic carbocycles. The van der Waals surface area contributed by atoms with Gasteiger partial charge in [-0.05, 0) is 31.0 Å². The Morgan fingerprint density at radius 2 is 1.84 bits per heavy atom. The second kappa shape index (κ2) is 7.20. The SMILES string of the molecule is CN(C)S(=O)(=O)c1ccc(N2CCCC2)c(C(=O)NCC(F)(F)F)c1. The maximum absolute atomic E-state index is 12.4. The highest BCUT2D eigenvalue weighted by atomic mass is 32.2. The predicted octanol–water partition coefficient (Wildman–Crippen LogP) is 1.83. The van der Waals surface area contributed by atoms with Gasteiger partial charge in [0.1, 0.15) is 6.54 Å². The van der Waals surface area contributed by atoms with Crippen molar-refractivity contribution in [3.05, 3.63) is 23.8 Å². The van der Waals surface area contributed by atoms with E-state index in [1.54, 1.807) is 0 Å². The van der Waals surface area contributed by atoms with Crippen LogP contribution >= 0.6 is 0 Å². The fourth-order valence-corrected chi connectivity index (χ4v) is 3.51. The smallest absolute Gasteiger partial charge is 0.371 e. The standard InChI is InChI=1S/C15H20F3N3O3S/c1-20(2)25(23,24)11-5-6-13(21-7-3-4-8-21)12(9-11)14(22)19-10-15(16,17)18/h5-6,9H,3-4,7-8,10H2,1-2H3,(H,19,22). The van der Waals surface area contributed by atoms with E-state index in [4.69, 9.17) is 0 Å². The highest BCUT2D eigenvalue weighted by molar-refractivity contribution is 7.89. The summed E-state index contributed by atoms with van der Waals surface area (Å²) in [5.41, 5.74) is 0.365. The third-order valence-corrected chi connectivity index (χ3v) is 5.70. The number of nitrogens with one attached hydrogen (secondary N) is 1. The van der Waals surface area contributed by atoms with Gasteiger partial charge in [0.15, 0.2) is 0 Å². The number of nitrogens with zero attached hydrogens (tertiary/aromatic N) is 2. The van der Waals surface area contributed by atoms with Gasteiger partial charge in [0.2, 0.25) is 10.0 Å². The first-order valence-corrected chi connectivity index (χ1v) is 9.13. The van der Waals surface area contributed by atoms with Crippen molar-refractivity contribution in [3.8, 4) is 0 Å². The lowest BCUT2D eigenvalue weighted by Crippen LogP contribution is -2.35. The largest absolute Gasteiger partial charge is 0.405 e. The van der Waals surface area contributed by atoms with Gasteiger partial charge in [-0.25, -0.2) is 12.7 Å². The van der Waals surface area contributed by atoms with Gasteiger partial charge in [0.25, 0.3) is 5.91 Å². The zero-order valence-corrected chi connectivity index (χ0v) is 14.7. The highest BCUT2D eigenvalue weighted by Gasteiger charge is 2.30. The molecule has 2 rings (SSSR count). The van der Waals surface area contributed by atoms with Crippen molar-refractivity contribution >= 4 is 21.6 Å². The van der Waals surface area contributed by atoms with Gasteiger partial charge in [-0.2, -0.15) is 13.2 Å². The fraction of sp³-hybridized carbons (Fsp3) is 0.533. The molecule has 1 N–H and O–H groups in total. The Hall–Kier alpha value is -1.81. The van der Waals surface area contributed by atoms with Gasteiger partial charge in [-0.1, -0.05) is 0 Å². The summed E-state index contributed by atoms with van der Waals surface area (Å²) in [5, 5.41) is 1.81. The van der Waals surface area contributed by atoms with E-state index >= 15 is 0 Å². The topological polar surface area (TPSA) is 69.7 Å². The van der Waals surface area contributed by atoms with E-state index in [0.717, 1.165) is 23.2 Å². The molecule has 0 spiro atoms. The third-order valence-electron chi connectivity index (χ3n) is 3.89. The molecule has 10 heteroatoms. The van der Waals surface area contributed by atoms with Crippen LogP contribution < -0.4 is 10.2 Å². The second-order valence-corrected chi connectivity index (χ2v) is 8.11. The summed E-state index contributed by atoms with van der Waals surface area (Å²) < 4.78 is 62.6. The number of benzene rings is 1. The van der Waals surface area contributed by atoms with E-state index in [9.17, 15) is 26.4 Å². The Labute approximate surface area is 144 Å². The molecule has 1 aromatic rings. The van der Waals surface area contributed by atoms with Crippen molar-refractivity contribution in [2.75, 3.05) is 38.6 Å². The lowest BCUT2D eigenvalue weighted by molar-refractivity contribution is -0.123. The van der Waals surface area contributed by atoms with Crippen LogP contribution in [0.1, 0.15) is 23.2 Å². The molecule has 0 atom stereocenters. The highest BCUT2D eigenvalue weighted by Crippen LogP contribution is 2.28. The Morgan fingerprint density at radius 1 is 1.24 bits per heavy atom. The van der Waals surface area contributed by atoms with Crippen LogP contribution in [0.5, 0.6) is 0 Å². The average molecular weight is 379 g/mol. The molecule has 1 fully saturated rings. The summed E-state index contributed by atoms with van der Waals surface area (Å²) in [7, 11) is -1.12. The van der Waals surface area contributed by atoms with Crippen LogP contribution in [0.2, 0.25) is 0 Å². The number of amides is 1. The average Bonchev–Trinajstić information content (AvgIpc) is 3.05. The molecule has 1 amide bonds. The Bertz CT molecular complexity index is 742. The van der Waals surface area contributed by atoms with E-state index in [1.165, 1.54) is 26.2 Å². The fourth-order valence-electron chi connectivity index (χ4n) is 2.58. The minimum atomic E-state index is -4.54. The Balaban J connectivity index is 2.42. The summed E-state index contributed by atoms with van der Waals surface area (Å²) in [6.45, 7) is -0.144. The van der Waals surface area contributed by atoms with Crippen molar-refractivity contribution in [3.63, 3.8) is 0 Å². The Kier molecular flexibility index (Phi) is 5.62. The van der Waals surface area contributed by atoms with Crippen LogP contribution in [0.25, 0.3) is 0 Å². The van der Waals surface area contributed by atoms with Crippen LogP contribution in [0, 0.1) is 0 Å². The van der Waals surface area contributed by atoms with Crippen LogP contribution in [-0.2, 0) is 10.0 Å². The predicted molar refractivity (Wildman–Crippen MR) is 87.2 cm³/mol. The van der Waals surface area contributed by atoms with Crippen LogP contribution in [0.15, 0.2) is 23.1 Å². The molecule has 0 aromatic heterocycles. The van der Waals surface area contributed by atoms with Gasteiger partial charge in [-0.3, -0.25) is 4.79 Å². The summed E-state index contributed by atoms with van der Waals surface area (Å²) in [6.07, 6.45) is -2.74. The summed E-state index contributed by atoms with van der Waals surface area (Å²) in [5.74, 6) is -0.949. The quantitative estimate of drug-likeness (QED) is 0.848. The van der Waals surface area contributed by atoms with E-state index in [0.29, 0.717) is 18.8 Å². The van der Waals surface area contributed by atoms with Crippen molar-refractivity contribution in [1.29, 1.82) is 0 Å². The molecule has 0 bridgehead atoms. The molecule has 25 heavy (non-hydrogen) atoms. The van der Waals surface area contributed by atoms with Crippen LogP contribution in [0.4, 0.5) is 18.9 Å². The molecule has 0 radical (unpaired) electrons. The Morgan fingerprint density at radius 3 is 2.36 bits per heavy atom. The van der Waals surface area contributed by atoms with Gasteiger partial charge in [0, 0.05) is 32.9 Å². The first-order chi connectivity index (χ1) is 11.5. The van der Waals surface area contributed by atoms with Gasteiger partial charge in [0.05, 0.1) is 10.5 Å². The normalized spacial score (nSPS) is 15.7. The van der Waals surface area contributed by atoms with E-state index in [1.807, 2.05) is 10.2 Å². The van der Waals surface area contributed by atoms with Crippen molar-refractivity contribution in [2.45, 2.75) is 23.9 Å². The lowest BCUT2D eigenvalue weighted by Gasteiger charge is -2.22. The van der Waals surface area contributed by atoms with Crippen LogP contribution in [0.3, 0.4) is 0 Å². The van der Waals surface area contributed by atoms with Gasteiger partial charge >= 0.3 is 6.18 Å². The van der Waals surface area contributed by atoms with E-state index in [-0.39, 0.29) is 10.5 Å². The summed E-state index contributed by atoms with van der Waals surface area (Å²) in [6, 6.07) is 3.97. The maximum atomic E-state index is 12.4. The first-order valence-electron chi connectivity index (χ1n) is 7.69. The number of carbonyl (C=O) groups excluding carboxylic acids is 1. The monoisotopic (exact) mass is 379 g/mol. The van der Waals surface area contributed by atoms with Crippen molar-refractivity contribution in [2.24, 2.45) is 0 Å². The molecule has 0 unspecified atom stereocenters. The second-order valence-electron chi connectivity index (χ2n) is 5.96. The maximum Gasteiger partial charge on any atom is 0.405 e. The van der Waals surface area contributed by atoms with Gasteiger partial charge in [-0.15, -0.1) is 0 Å². The molecule has 140 valence electrons. The number of sulfonamides is 1. The van der Waals surface area contributed by atoms with Gasteiger partial charge < -0.3 is 10.2 Å². The molecule has 6 nitrogen and oxygen atoms in total. The number of halogens is 3. The van der Waals surface area contributed by atoms with E-state index in [2.05, 4.69) is 0 Å². The molecule has 1 aromatic carbocycles. The molecule has 1 aliphatic heterocycles. The van der Waals surface area contributed by atoms with Crippen molar-refractivity contribution in [1.82, 2.24) is 9.62 Å². The molecular formula is C15H20F3N3O3S. The number of hydrogen-bond donors (Lipinski definition) is 1. The molecule has 1 heterocycles. The zero-order valence-electron chi connectivity index (χ0n) is 13.9. The minimum absolute atomic E-state index is 0.0749. The molecule has 1 aliphatic rings. The van der Waals surface area contributed by atoms with Crippen molar-refractivity contribution < 1.29 is 26.4 Å². The first kappa shape index (κ1) is 19.5. The minimum Gasteiger partial charge on any atom is -0.371 e. The lowest BCUT2D eigenvalue weighted by atomic mass is 10.1.